The summed E-state index contributed by atoms with van der Waals surface area (Å²) in [4.78, 5) is 0. The van der Waals surface area contributed by atoms with E-state index in [9.17, 15) is 0 Å². The third-order valence-corrected chi connectivity index (χ3v) is 3.14. The minimum Gasteiger partial charge on any atom is -0.380 e. The minimum atomic E-state index is 0.313. The minimum absolute atomic E-state index is 0.313. The number of alkyl halides is 1. The van der Waals surface area contributed by atoms with Gasteiger partial charge in [0.1, 0.15) is 0 Å². The number of hydrogen-bond acceptors (Lipinski definition) is 2. The van der Waals surface area contributed by atoms with E-state index < -0.39 is 0 Å². The highest BCUT2D eigenvalue weighted by atomic mass is 35.5. The molecule has 0 aromatic heterocycles. The Balaban J connectivity index is 2.00. The van der Waals surface area contributed by atoms with Gasteiger partial charge in [-0.3, -0.25) is 0 Å². The van der Waals surface area contributed by atoms with Gasteiger partial charge in [-0.1, -0.05) is 0 Å². The van der Waals surface area contributed by atoms with Gasteiger partial charge in [-0.25, -0.2) is 0 Å². The second kappa shape index (κ2) is 5.84. The van der Waals surface area contributed by atoms with Crippen LogP contribution in [0.2, 0.25) is 0 Å². The second-order valence-corrected chi connectivity index (χ2v) is 4.60. The quantitative estimate of drug-likeness (QED) is 0.694. The molecule has 1 N–H and O–H groups in total. The molecule has 1 saturated carbocycles. The molecular weight excluding hydrogens is 186 g/mol. The van der Waals surface area contributed by atoms with Gasteiger partial charge >= 0.3 is 0 Å². The van der Waals surface area contributed by atoms with Crippen LogP contribution < -0.4 is 5.32 Å². The van der Waals surface area contributed by atoms with Gasteiger partial charge in [0.15, 0.2) is 0 Å². The molecular formula is C10H20ClNO. The van der Waals surface area contributed by atoms with Crippen molar-refractivity contribution in [3.05, 3.63) is 0 Å². The summed E-state index contributed by atoms with van der Waals surface area (Å²) in [5.74, 6) is 0.784. The van der Waals surface area contributed by atoms with Crippen molar-refractivity contribution in [2.24, 2.45) is 5.92 Å². The van der Waals surface area contributed by atoms with Gasteiger partial charge in [0, 0.05) is 19.0 Å². The van der Waals surface area contributed by atoms with E-state index in [2.05, 4.69) is 12.2 Å². The topological polar surface area (TPSA) is 21.3 Å². The fourth-order valence-corrected chi connectivity index (χ4v) is 2.15. The summed E-state index contributed by atoms with van der Waals surface area (Å²) in [5, 5.41) is 3.84. The zero-order valence-corrected chi connectivity index (χ0v) is 9.31. The van der Waals surface area contributed by atoms with Crippen molar-refractivity contribution < 1.29 is 4.74 Å². The molecule has 0 spiro atoms. The van der Waals surface area contributed by atoms with E-state index in [1.165, 1.54) is 19.3 Å². The maximum atomic E-state index is 6.02. The fourth-order valence-electron chi connectivity index (χ4n) is 1.77. The van der Waals surface area contributed by atoms with Crippen molar-refractivity contribution in [2.75, 3.05) is 20.2 Å². The smallest absolute Gasteiger partial charge is 0.0667 e. The Labute approximate surface area is 86.0 Å². The first-order valence-corrected chi connectivity index (χ1v) is 5.53. The van der Waals surface area contributed by atoms with Crippen LogP contribution in [0.25, 0.3) is 0 Å². The third kappa shape index (κ3) is 4.30. The number of rotatable bonds is 5. The molecule has 3 unspecified atom stereocenters. The summed E-state index contributed by atoms with van der Waals surface area (Å²) in [6, 6.07) is 0. The number of hydrogen-bond donors (Lipinski definition) is 1. The van der Waals surface area contributed by atoms with Crippen molar-refractivity contribution in [3.8, 4) is 0 Å². The Morgan fingerprint density at radius 3 is 2.85 bits per heavy atom. The first-order valence-electron chi connectivity index (χ1n) is 5.10. The molecule has 0 saturated heterocycles. The van der Waals surface area contributed by atoms with Crippen molar-refractivity contribution in [3.63, 3.8) is 0 Å². The second-order valence-electron chi connectivity index (χ2n) is 3.98. The average molecular weight is 206 g/mol. The lowest BCUT2D eigenvalue weighted by atomic mass is 10.1. The molecule has 1 aliphatic rings. The highest BCUT2D eigenvalue weighted by Crippen LogP contribution is 2.28. The summed E-state index contributed by atoms with van der Waals surface area (Å²) in [6.45, 7) is 4.11. The van der Waals surface area contributed by atoms with Crippen molar-refractivity contribution >= 4 is 11.6 Å². The summed E-state index contributed by atoms with van der Waals surface area (Å²) < 4.78 is 5.15. The van der Waals surface area contributed by atoms with Gasteiger partial charge in [-0.2, -0.15) is 0 Å². The number of methoxy groups -OCH3 is 1. The molecule has 1 rings (SSSR count). The standard InChI is InChI=1S/C10H20ClNO/c1-8(13-2)6-12-7-9-3-4-10(11)5-9/h8-10,12H,3-7H2,1-2H3. The van der Waals surface area contributed by atoms with Crippen LogP contribution in [0.5, 0.6) is 0 Å². The van der Waals surface area contributed by atoms with E-state index in [4.69, 9.17) is 16.3 Å². The maximum absolute atomic E-state index is 6.02. The van der Waals surface area contributed by atoms with Crippen LogP contribution in [-0.4, -0.2) is 31.7 Å². The van der Waals surface area contributed by atoms with E-state index in [0.29, 0.717) is 11.5 Å². The van der Waals surface area contributed by atoms with Crippen LogP contribution in [0.1, 0.15) is 26.2 Å². The van der Waals surface area contributed by atoms with E-state index >= 15 is 0 Å². The maximum Gasteiger partial charge on any atom is 0.0667 e. The number of nitrogens with one attached hydrogen (secondary N) is 1. The zero-order chi connectivity index (χ0) is 9.68. The molecule has 3 heteroatoms. The van der Waals surface area contributed by atoms with Crippen molar-refractivity contribution in [1.29, 1.82) is 0 Å². The highest BCUT2D eigenvalue weighted by Gasteiger charge is 2.22. The van der Waals surface area contributed by atoms with E-state index in [0.717, 1.165) is 19.0 Å². The first kappa shape index (κ1) is 11.3. The molecule has 13 heavy (non-hydrogen) atoms. The van der Waals surface area contributed by atoms with Crippen LogP contribution in [0.3, 0.4) is 0 Å². The highest BCUT2D eigenvalue weighted by molar-refractivity contribution is 6.20. The average Bonchev–Trinajstić information content (AvgIpc) is 2.51. The molecule has 0 amide bonds. The SMILES string of the molecule is COC(C)CNCC1CCC(Cl)C1. The largest absolute Gasteiger partial charge is 0.380 e. The molecule has 0 bridgehead atoms. The molecule has 0 heterocycles. The Morgan fingerprint density at radius 1 is 1.54 bits per heavy atom. The van der Waals surface area contributed by atoms with Crippen molar-refractivity contribution in [2.45, 2.75) is 37.7 Å². The molecule has 2 nitrogen and oxygen atoms in total. The van der Waals surface area contributed by atoms with Gasteiger partial charge in [0.05, 0.1) is 6.10 Å². The first-order chi connectivity index (χ1) is 6.22. The van der Waals surface area contributed by atoms with Crippen molar-refractivity contribution in [1.82, 2.24) is 5.32 Å². The Kier molecular flexibility index (Phi) is 5.07. The van der Waals surface area contributed by atoms with Crippen LogP contribution in [0, 0.1) is 5.92 Å². The lowest BCUT2D eigenvalue weighted by molar-refractivity contribution is 0.116. The molecule has 1 fully saturated rings. The van der Waals surface area contributed by atoms with Crippen LogP contribution in [0.15, 0.2) is 0 Å². The molecule has 0 aliphatic heterocycles. The molecule has 0 radical (unpaired) electrons. The lowest BCUT2D eigenvalue weighted by Crippen LogP contribution is -2.29. The Bertz CT molecular complexity index is 143. The molecule has 0 aromatic rings. The summed E-state index contributed by atoms with van der Waals surface area (Å²) >= 11 is 6.02. The van der Waals surface area contributed by atoms with Crippen LogP contribution in [-0.2, 0) is 4.74 Å². The predicted molar refractivity (Wildman–Crippen MR) is 56.3 cm³/mol. The summed E-state index contributed by atoms with van der Waals surface area (Å²) in [7, 11) is 1.75. The fraction of sp³-hybridized carbons (Fsp3) is 1.00. The predicted octanol–water partition coefficient (Wildman–Crippen LogP) is 2.02. The summed E-state index contributed by atoms with van der Waals surface area (Å²) in [6.07, 6.45) is 3.96. The number of halogens is 1. The molecule has 3 atom stereocenters. The van der Waals surface area contributed by atoms with Gasteiger partial charge in [-0.15, -0.1) is 11.6 Å². The Hall–Kier alpha value is 0.210. The van der Waals surface area contributed by atoms with Gasteiger partial charge in [0.2, 0.25) is 0 Å². The summed E-state index contributed by atoms with van der Waals surface area (Å²) in [5.41, 5.74) is 0. The number of ether oxygens (including phenoxy) is 1. The van der Waals surface area contributed by atoms with Gasteiger partial charge in [0.25, 0.3) is 0 Å². The molecule has 0 aromatic carbocycles. The lowest BCUT2D eigenvalue weighted by Gasteiger charge is -2.13. The van der Waals surface area contributed by atoms with E-state index in [1.807, 2.05) is 0 Å². The van der Waals surface area contributed by atoms with Crippen LogP contribution in [0.4, 0.5) is 0 Å². The van der Waals surface area contributed by atoms with Crippen LogP contribution >= 0.6 is 11.6 Å². The Morgan fingerprint density at radius 2 is 2.31 bits per heavy atom. The molecule has 1 aliphatic carbocycles. The third-order valence-electron chi connectivity index (χ3n) is 2.74. The zero-order valence-electron chi connectivity index (χ0n) is 8.55. The van der Waals surface area contributed by atoms with Gasteiger partial charge in [-0.05, 0) is 38.6 Å². The van der Waals surface area contributed by atoms with E-state index in [1.54, 1.807) is 7.11 Å². The normalized spacial score (nSPS) is 30.7. The van der Waals surface area contributed by atoms with E-state index in [-0.39, 0.29) is 0 Å². The monoisotopic (exact) mass is 205 g/mol. The molecule has 78 valence electrons. The van der Waals surface area contributed by atoms with Gasteiger partial charge < -0.3 is 10.1 Å².